The molecule has 0 fully saturated rings. The van der Waals surface area contributed by atoms with E-state index in [1.54, 1.807) is 6.92 Å². The second-order valence-electron chi connectivity index (χ2n) is 3.09. The van der Waals surface area contributed by atoms with E-state index >= 15 is 0 Å². The van der Waals surface area contributed by atoms with Crippen LogP contribution in [0.25, 0.3) is 0 Å². The number of carboxylic acids is 2. The van der Waals surface area contributed by atoms with E-state index in [1.807, 2.05) is 5.32 Å². The van der Waals surface area contributed by atoms with Gasteiger partial charge in [0.25, 0.3) is 0 Å². The molecule has 17 heavy (non-hydrogen) atoms. The molecule has 0 aromatic heterocycles. The lowest BCUT2D eigenvalue weighted by molar-refractivity contribution is -0.145. The third-order valence-electron chi connectivity index (χ3n) is 1.72. The molecule has 1 atom stereocenters. The number of carbonyl (C=O) groups excluding carboxylic acids is 1. The molecule has 0 bridgehead atoms. The monoisotopic (exact) mass is 248 g/mol. The third-order valence-corrected chi connectivity index (χ3v) is 1.72. The van der Waals surface area contributed by atoms with E-state index in [2.05, 4.69) is 5.32 Å². The second-order valence-corrected chi connectivity index (χ2v) is 3.09. The van der Waals surface area contributed by atoms with E-state index in [1.165, 1.54) is 0 Å². The number of hydrogen-bond acceptors (Lipinski definition) is 4. The van der Waals surface area contributed by atoms with E-state index < -0.39 is 30.4 Å². The number of hydrogen-bond donors (Lipinski definition) is 4. The van der Waals surface area contributed by atoms with Gasteiger partial charge in [-0.05, 0) is 6.92 Å². The van der Waals surface area contributed by atoms with Gasteiger partial charge in [-0.25, -0.2) is 9.59 Å². The quantitative estimate of drug-likeness (QED) is 0.419. The Labute approximate surface area is 97.9 Å². The number of carbonyl (C=O) groups is 3. The summed E-state index contributed by atoms with van der Waals surface area (Å²) >= 11 is 0. The van der Waals surface area contributed by atoms with E-state index in [9.17, 15) is 14.4 Å². The molecule has 2 amide bonds. The van der Waals surface area contributed by atoms with Gasteiger partial charge in [-0.2, -0.15) is 0 Å². The molecule has 98 valence electrons. The molecule has 8 heteroatoms. The van der Waals surface area contributed by atoms with Crippen LogP contribution in [0.5, 0.6) is 0 Å². The van der Waals surface area contributed by atoms with Crippen molar-refractivity contribution in [1.29, 1.82) is 0 Å². The van der Waals surface area contributed by atoms with Gasteiger partial charge in [0.05, 0.1) is 13.0 Å². The Morgan fingerprint density at radius 1 is 1.29 bits per heavy atom. The van der Waals surface area contributed by atoms with Crippen LogP contribution in [0.4, 0.5) is 4.79 Å². The average molecular weight is 248 g/mol. The van der Waals surface area contributed by atoms with E-state index in [4.69, 9.17) is 14.9 Å². The molecule has 0 aliphatic heterocycles. The Morgan fingerprint density at radius 2 is 1.94 bits per heavy atom. The van der Waals surface area contributed by atoms with E-state index in [0.717, 1.165) is 0 Å². The number of carboxylic acid groups (broad SMARTS) is 2. The molecule has 0 spiro atoms. The van der Waals surface area contributed by atoms with Crippen LogP contribution in [0.15, 0.2) is 0 Å². The topological polar surface area (TPSA) is 125 Å². The first-order valence-corrected chi connectivity index (χ1v) is 5.04. The molecule has 0 aromatic rings. The first kappa shape index (κ1) is 15.2. The van der Waals surface area contributed by atoms with Gasteiger partial charge in [-0.1, -0.05) is 0 Å². The minimum absolute atomic E-state index is 0.221. The molecule has 0 heterocycles. The van der Waals surface area contributed by atoms with E-state index in [-0.39, 0.29) is 6.54 Å². The summed E-state index contributed by atoms with van der Waals surface area (Å²) in [6.07, 6.45) is -0.672. The summed E-state index contributed by atoms with van der Waals surface area (Å²) in [5.41, 5.74) is 0. The third kappa shape index (κ3) is 8.03. The number of amides is 2. The van der Waals surface area contributed by atoms with Crippen molar-refractivity contribution in [3.63, 3.8) is 0 Å². The lowest BCUT2D eigenvalue weighted by Crippen LogP contribution is -2.47. The molecule has 8 nitrogen and oxygen atoms in total. The summed E-state index contributed by atoms with van der Waals surface area (Å²) in [6, 6.07) is -2.18. The normalized spacial score (nSPS) is 11.6. The van der Waals surface area contributed by atoms with Crippen molar-refractivity contribution in [2.45, 2.75) is 19.4 Å². The van der Waals surface area contributed by atoms with Crippen molar-refractivity contribution in [1.82, 2.24) is 10.6 Å². The predicted molar refractivity (Wildman–Crippen MR) is 56.7 cm³/mol. The fourth-order valence-corrected chi connectivity index (χ4v) is 0.965. The van der Waals surface area contributed by atoms with Crippen LogP contribution in [0.3, 0.4) is 0 Å². The summed E-state index contributed by atoms with van der Waals surface area (Å²) in [5.74, 6) is -2.70. The zero-order valence-electron chi connectivity index (χ0n) is 9.43. The second kappa shape index (κ2) is 8.34. The molecule has 0 aliphatic carbocycles. The van der Waals surface area contributed by atoms with E-state index in [0.29, 0.717) is 13.2 Å². The van der Waals surface area contributed by atoms with Crippen LogP contribution in [0.2, 0.25) is 0 Å². The van der Waals surface area contributed by atoms with Gasteiger partial charge in [-0.3, -0.25) is 4.79 Å². The maximum atomic E-state index is 11.2. The molecule has 0 aliphatic rings. The van der Waals surface area contributed by atoms with Crippen LogP contribution >= 0.6 is 0 Å². The standard InChI is InChI=1S/C9H16N2O6/c1-2-17-4-3-10-9(16)11-6(8(14)15)5-7(12)13/h6H,2-5H2,1H3,(H,12,13)(H,14,15)(H2,10,11,16). The van der Waals surface area contributed by atoms with Gasteiger partial charge in [0, 0.05) is 13.2 Å². The summed E-state index contributed by atoms with van der Waals surface area (Å²) in [5, 5.41) is 21.5. The maximum Gasteiger partial charge on any atom is 0.326 e. The zero-order valence-corrected chi connectivity index (χ0v) is 9.43. The molecule has 1 unspecified atom stereocenters. The van der Waals surface area contributed by atoms with Gasteiger partial charge in [-0.15, -0.1) is 0 Å². The summed E-state index contributed by atoms with van der Waals surface area (Å²) in [4.78, 5) is 32.1. The number of ether oxygens (including phenoxy) is 1. The minimum Gasteiger partial charge on any atom is -0.481 e. The van der Waals surface area contributed by atoms with Crippen molar-refractivity contribution in [3.8, 4) is 0 Å². The van der Waals surface area contributed by atoms with Crippen LogP contribution in [0, 0.1) is 0 Å². The van der Waals surface area contributed by atoms with Gasteiger partial charge in [0.2, 0.25) is 0 Å². The van der Waals surface area contributed by atoms with Crippen LogP contribution < -0.4 is 10.6 Å². The molecule has 4 N–H and O–H groups in total. The Morgan fingerprint density at radius 3 is 2.41 bits per heavy atom. The molecule has 0 saturated heterocycles. The number of aliphatic carboxylic acids is 2. The average Bonchev–Trinajstić information content (AvgIpc) is 2.22. The van der Waals surface area contributed by atoms with Crippen LogP contribution in [-0.4, -0.2) is 54.0 Å². The lowest BCUT2D eigenvalue weighted by Gasteiger charge is -2.13. The Kier molecular flexibility index (Phi) is 7.44. The zero-order chi connectivity index (χ0) is 13.3. The summed E-state index contributed by atoms with van der Waals surface area (Å²) in [7, 11) is 0. The highest BCUT2D eigenvalue weighted by Crippen LogP contribution is 1.92. The molecule has 0 radical (unpaired) electrons. The maximum absolute atomic E-state index is 11.2. The minimum atomic E-state index is -1.44. The smallest absolute Gasteiger partial charge is 0.326 e. The highest BCUT2D eigenvalue weighted by molar-refractivity contribution is 5.86. The number of urea groups is 1. The van der Waals surface area contributed by atoms with Crippen molar-refractivity contribution in [2.24, 2.45) is 0 Å². The first-order chi connectivity index (χ1) is 7.97. The van der Waals surface area contributed by atoms with Crippen molar-refractivity contribution in [3.05, 3.63) is 0 Å². The van der Waals surface area contributed by atoms with Gasteiger partial charge < -0.3 is 25.6 Å². The molecular formula is C9H16N2O6. The van der Waals surface area contributed by atoms with Crippen LogP contribution in [0.1, 0.15) is 13.3 Å². The molecular weight excluding hydrogens is 232 g/mol. The van der Waals surface area contributed by atoms with Gasteiger partial charge >= 0.3 is 18.0 Å². The van der Waals surface area contributed by atoms with Crippen molar-refractivity contribution >= 4 is 18.0 Å². The highest BCUT2D eigenvalue weighted by Gasteiger charge is 2.22. The fraction of sp³-hybridized carbons (Fsp3) is 0.667. The number of rotatable bonds is 8. The Bertz CT molecular complexity index is 281. The summed E-state index contributed by atoms with van der Waals surface area (Å²) in [6.45, 7) is 2.84. The van der Waals surface area contributed by atoms with Gasteiger partial charge in [0.1, 0.15) is 6.04 Å². The largest absolute Gasteiger partial charge is 0.481 e. The van der Waals surface area contributed by atoms with Crippen LogP contribution in [-0.2, 0) is 14.3 Å². The Hall–Kier alpha value is -1.83. The summed E-state index contributed by atoms with van der Waals surface area (Å²) < 4.78 is 4.95. The first-order valence-electron chi connectivity index (χ1n) is 5.04. The predicted octanol–water partition coefficient (Wildman–Crippen LogP) is -0.750. The SMILES string of the molecule is CCOCCNC(=O)NC(CC(=O)O)C(=O)O. The molecule has 0 aromatic carbocycles. The molecule has 0 saturated carbocycles. The fourth-order valence-electron chi connectivity index (χ4n) is 0.965. The Balaban J connectivity index is 3.96. The van der Waals surface area contributed by atoms with Gasteiger partial charge in [0.15, 0.2) is 0 Å². The van der Waals surface area contributed by atoms with Crippen molar-refractivity contribution < 1.29 is 29.3 Å². The van der Waals surface area contributed by atoms with Crippen molar-refractivity contribution in [2.75, 3.05) is 19.8 Å². The highest BCUT2D eigenvalue weighted by atomic mass is 16.5. The lowest BCUT2D eigenvalue weighted by atomic mass is 10.2. The molecule has 0 rings (SSSR count). The number of nitrogens with one attached hydrogen (secondary N) is 2.